The SMILES string of the molecule is C[C@@]12CCCC1C1CC[C@H]3C[C@H]4C[C@H]4C[C@]3(C)C1CC2. The highest BCUT2D eigenvalue weighted by atomic mass is 14.7. The maximum Gasteiger partial charge on any atom is -0.0264 e. The molecule has 20 heavy (non-hydrogen) atoms. The van der Waals surface area contributed by atoms with Crippen molar-refractivity contribution < 1.29 is 0 Å². The minimum atomic E-state index is 0.751. The topological polar surface area (TPSA) is 0 Å². The Morgan fingerprint density at radius 1 is 0.800 bits per heavy atom. The van der Waals surface area contributed by atoms with Crippen LogP contribution in [0.1, 0.15) is 78.1 Å². The molecule has 112 valence electrons. The van der Waals surface area contributed by atoms with E-state index in [0.29, 0.717) is 0 Å². The van der Waals surface area contributed by atoms with Crippen molar-refractivity contribution in [3.05, 3.63) is 0 Å². The van der Waals surface area contributed by atoms with E-state index in [2.05, 4.69) is 13.8 Å². The molecule has 3 unspecified atom stereocenters. The molecule has 5 aliphatic rings. The van der Waals surface area contributed by atoms with Crippen LogP contribution in [0.25, 0.3) is 0 Å². The van der Waals surface area contributed by atoms with E-state index >= 15 is 0 Å². The highest BCUT2D eigenvalue weighted by Gasteiger charge is 2.61. The van der Waals surface area contributed by atoms with Gasteiger partial charge in [0.25, 0.3) is 0 Å². The van der Waals surface area contributed by atoms with E-state index in [1.165, 1.54) is 12.3 Å². The van der Waals surface area contributed by atoms with Gasteiger partial charge in [-0.1, -0.05) is 20.3 Å². The lowest BCUT2D eigenvalue weighted by Gasteiger charge is -2.60. The zero-order chi connectivity index (χ0) is 13.5. The number of hydrogen-bond donors (Lipinski definition) is 0. The van der Waals surface area contributed by atoms with E-state index in [1.807, 2.05) is 0 Å². The van der Waals surface area contributed by atoms with E-state index in [4.69, 9.17) is 0 Å². The summed E-state index contributed by atoms with van der Waals surface area (Å²) in [4.78, 5) is 0. The van der Waals surface area contributed by atoms with Crippen LogP contribution in [0.15, 0.2) is 0 Å². The molecule has 0 aromatic rings. The maximum atomic E-state index is 2.74. The van der Waals surface area contributed by atoms with Crippen LogP contribution >= 0.6 is 0 Å². The van der Waals surface area contributed by atoms with Gasteiger partial charge >= 0.3 is 0 Å². The van der Waals surface area contributed by atoms with Crippen molar-refractivity contribution in [1.29, 1.82) is 0 Å². The second-order valence-electron chi connectivity index (χ2n) is 9.94. The summed E-state index contributed by atoms with van der Waals surface area (Å²) < 4.78 is 0. The molecule has 0 radical (unpaired) electrons. The third-order valence-electron chi connectivity index (χ3n) is 9.20. The Morgan fingerprint density at radius 3 is 2.60 bits per heavy atom. The molecule has 0 aliphatic heterocycles. The fraction of sp³-hybridized carbons (Fsp3) is 1.00. The molecule has 0 spiro atoms. The van der Waals surface area contributed by atoms with Gasteiger partial charge in [0.05, 0.1) is 0 Å². The van der Waals surface area contributed by atoms with Crippen LogP contribution in [0.5, 0.6) is 0 Å². The van der Waals surface area contributed by atoms with Crippen LogP contribution < -0.4 is 0 Å². The van der Waals surface area contributed by atoms with Gasteiger partial charge in [0, 0.05) is 0 Å². The lowest BCUT2D eigenvalue weighted by Crippen LogP contribution is -2.52. The monoisotopic (exact) mass is 272 g/mol. The summed E-state index contributed by atoms with van der Waals surface area (Å²) in [6.45, 7) is 5.38. The van der Waals surface area contributed by atoms with Gasteiger partial charge in [-0.2, -0.15) is 0 Å². The molecule has 5 rings (SSSR count). The van der Waals surface area contributed by atoms with Crippen molar-refractivity contribution in [3.63, 3.8) is 0 Å². The van der Waals surface area contributed by atoms with E-state index < -0.39 is 0 Å². The maximum absolute atomic E-state index is 2.74. The first-order chi connectivity index (χ1) is 9.60. The Bertz CT molecular complexity index is 426. The third kappa shape index (κ3) is 1.49. The molecule has 0 heteroatoms. The molecular formula is C20H32. The van der Waals surface area contributed by atoms with Crippen molar-refractivity contribution in [3.8, 4) is 0 Å². The van der Waals surface area contributed by atoms with Gasteiger partial charge in [-0.15, -0.1) is 0 Å². The second-order valence-corrected chi connectivity index (χ2v) is 9.94. The van der Waals surface area contributed by atoms with Crippen LogP contribution in [0.4, 0.5) is 0 Å². The van der Waals surface area contributed by atoms with E-state index in [9.17, 15) is 0 Å². The molecule has 0 heterocycles. The Morgan fingerprint density at radius 2 is 1.70 bits per heavy atom. The lowest BCUT2D eigenvalue weighted by molar-refractivity contribution is -0.105. The largest absolute Gasteiger partial charge is 0.0594 e. The fourth-order valence-electron chi connectivity index (χ4n) is 8.01. The Kier molecular flexibility index (Phi) is 2.41. The van der Waals surface area contributed by atoms with Crippen molar-refractivity contribution >= 4 is 0 Å². The lowest BCUT2D eigenvalue weighted by atomic mass is 9.45. The summed E-state index contributed by atoms with van der Waals surface area (Å²) in [5.74, 6) is 6.78. The molecule has 0 nitrogen and oxygen atoms in total. The quantitative estimate of drug-likeness (QED) is 0.533. The predicted molar refractivity (Wildman–Crippen MR) is 83.3 cm³/mol. The molecule has 0 bridgehead atoms. The van der Waals surface area contributed by atoms with Crippen molar-refractivity contribution in [1.82, 2.24) is 0 Å². The summed E-state index contributed by atoms with van der Waals surface area (Å²) >= 11 is 0. The number of rotatable bonds is 0. The highest BCUT2D eigenvalue weighted by Crippen LogP contribution is 2.70. The standard InChI is InChI=1S/C20H32/c1-19-8-3-4-17(19)16-6-5-15-11-13-10-14(13)12-20(15,2)18(16)7-9-19/h13-18H,3-12H2,1-2H3/t13-,14+,15+,16?,17?,18?,19+,20+/m1/s1. The molecule has 5 aliphatic carbocycles. The molecule has 0 N–H and O–H groups in total. The van der Waals surface area contributed by atoms with Crippen molar-refractivity contribution in [2.24, 2.45) is 46.3 Å². The van der Waals surface area contributed by atoms with E-state index in [1.54, 1.807) is 57.8 Å². The first-order valence-electron chi connectivity index (χ1n) is 9.60. The van der Waals surface area contributed by atoms with Gasteiger partial charge in [-0.3, -0.25) is 0 Å². The van der Waals surface area contributed by atoms with Crippen molar-refractivity contribution in [2.45, 2.75) is 78.1 Å². The summed E-state index contributed by atoms with van der Waals surface area (Å²) in [7, 11) is 0. The van der Waals surface area contributed by atoms with Crippen LogP contribution in [-0.4, -0.2) is 0 Å². The first-order valence-corrected chi connectivity index (χ1v) is 9.60. The fourth-order valence-corrected chi connectivity index (χ4v) is 8.01. The van der Waals surface area contributed by atoms with Gasteiger partial charge < -0.3 is 0 Å². The van der Waals surface area contributed by atoms with Gasteiger partial charge in [0.2, 0.25) is 0 Å². The summed E-state index contributed by atoms with van der Waals surface area (Å²) in [6.07, 6.45) is 15.8. The Labute approximate surface area is 125 Å². The average Bonchev–Trinajstić information content (AvgIpc) is 3.03. The molecular weight excluding hydrogens is 240 g/mol. The van der Waals surface area contributed by atoms with E-state index in [0.717, 1.165) is 40.4 Å². The number of hydrogen-bond acceptors (Lipinski definition) is 0. The molecule has 0 aromatic carbocycles. The molecule has 0 aromatic heterocycles. The molecule has 0 amide bonds. The number of fused-ring (bicyclic) bond motifs is 6. The molecule has 5 fully saturated rings. The van der Waals surface area contributed by atoms with Gasteiger partial charge in [0.15, 0.2) is 0 Å². The average molecular weight is 272 g/mol. The minimum absolute atomic E-state index is 0.751. The van der Waals surface area contributed by atoms with Crippen LogP contribution in [-0.2, 0) is 0 Å². The molecule has 0 saturated heterocycles. The second kappa shape index (κ2) is 3.85. The zero-order valence-corrected chi connectivity index (χ0v) is 13.5. The van der Waals surface area contributed by atoms with Crippen LogP contribution in [0, 0.1) is 46.3 Å². The zero-order valence-electron chi connectivity index (χ0n) is 13.5. The highest BCUT2D eigenvalue weighted by molar-refractivity contribution is 5.10. The van der Waals surface area contributed by atoms with Crippen LogP contribution in [0.3, 0.4) is 0 Å². The van der Waals surface area contributed by atoms with Gasteiger partial charge in [-0.25, -0.2) is 0 Å². The van der Waals surface area contributed by atoms with Crippen LogP contribution in [0.2, 0.25) is 0 Å². The molecule has 5 saturated carbocycles. The normalized spacial score (nSPS) is 63.9. The third-order valence-corrected chi connectivity index (χ3v) is 9.20. The van der Waals surface area contributed by atoms with E-state index in [-0.39, 0.29) is 0 Å². The molecule has 8 atom stereocenters. The summed E-state index contributed by atoms with van der Waals surface area (Å²) in [5.41, 5.74) is 1.51. The smallest absolute Gasteiger partial charge is 0.0264 e. The summed E-state index contributed by atoms with van der Waals surface area (Å²) in [5, 5.41) is 0. The van der Waals surface area contributed by atoms with Gasteiger partial charge in [0.1, 0.15) is 0 Å². The van der Waals surface area contributed by atoms with Gasteiger partial charge in [-0.05, 0) is 104 Å². The Hall–Kier alpha value is 0. The minimum Gasteiger partial charge on any atom is -0.0594 e. The summed E-state index contributed by atoms with van der Waals surface area (Å²) in [6, 6.07) is 0. The first kappa shape index (κ1) is 12.5. The predicted octanol–water partition coefficient (Wildman–Crippen LogP) is 5.67. The van der Waals surface area contributed by atoms with Crippen molar-refractivity contribution in [2.75, 3.05) is 0 Å². The Balaban J connectivity index is 1.48.